The molecule has 0 saturated heterocycles. The van der Waals surface area contributed by atoms with Crippen LogP contribution in [0.15, 0.2) is 0 Å². The molecule has 0 unspecified atom stereocenters. The Bertz CT molecular complexity index is 94.3. The highest BCUT2D eigenvalue weighted by Crippen LogP contribution is 2.17. The minimum absolute atomic E-state index is 0.0129. The topological polar surface area (TPSA) is 32.3 Å². The summed E-state index contributed by atoms with van der Waals surface area (Å²) in [5.74, 6) is 0. The lowest BCUT2D eigenvalue weighted by molar-refractivity contribution is -0.133. The van der Waals surface area contributed by atoms with E-state index in [9.17, 15) is 13.2 Å². The summed E-state index contributed by atoms with van der Waals surface area (Å²) in [6, 6.07) is 0. The fourth-order valence-electron chi connectivity index (χ4n) is 0.559. The van der Waals surface area contributed by atoms with Gasteiger partial charge in [0.1, 0.15) is 0 Å². The number of alkyl halides is 3. The molecule has 0 fully saturated rings. The maximum Gasteiger partial charge on any atom is 0.390 e. The van der Waals surface area contributed by atoms with E-state index in [1.165, 1.54) is 0 Å². The summed E-state index contributed by atoms with van der Waals surface area (Å²) in [7, 11) is 0. The lowest BCUT2D eigenvalue weighted by Crippen LogP contribution is -2.23. The summed E-state index contributed by atoms with van der Waals surface area (Å²) < 4.78 is 34.4. The number of hydrogen-bond donors (Lipinski definition) is 2. The summed E-state index contributed by atoms with van der Waals surface area (Å²) in [5, 5.41) is 10.8. The molecular formula is C6H12F3NO. The van der Waals surface area contributed by atoms with Gasteiger partial charge in [-0.2, -0.15) is 13.2 Å². The highest BCUT2D eigenvalue weighted by molar-refractivity contribution is 4.54. The van der Waals surface area contributed by atoms with Gasteiger partial charge in [0.05, 0.1) is 6.42 Å². The molecule has 0 rings (SSSR count). The van der Waals surface area contributed by atoms with Crippen LogP contribution in [0.1, 0.15) is 12.8 Å². The smallest absolute Gasteiger partial charge is 0.390 e. The first kappa shape index (κ1) is 10.7. The van der Waals surface area contributed by atoms with Crippen molar-refractivity contribution in [1.82, 2.24) is 5.32 Å². The van der Waals surface area contributed by atoms with Gasteiger partial charge in [-0.3, -0.25) is 0 Å². The van der Waals surface area contributed by atoms with Crippen LogP contribution in [0, 0.1) is 0 Å². The van der Waals surface area contributed by atoms with Crippen LogP contribution in [0.25, 0.3) is 0 Å². The van der Waals surface area contributed by atoms with Crippen molar-refractivity contribution >= 4 is 0 Å². The van der Waals surface area contributed by atoms with Crippen LogP contribution in [0.5, 0.6) is 0 Å². The van der Waals surface area contributed by atoms with Crippen LogP contribution in [-0.4, -0.2) is 31.0 Å². The Morgan fingerprint density at radius 2 is 1.82 bits per heavy atom. The minimum Gasteiger partial charge on any atom is -0.396 e. The zero-order valence-electron chi connectivity index (χ0n) is 6.12. The van der Waals surface area contributed by atoms with E-state index in [-0.39, 0.29) is 13.2 Å². The summed E-state index contributed by atoms with van der Waals surface area (Å²) in [5.41, 5.74) is 0. The first-order valence-electron chi connectivity index (χ1n) is 3.44. The largest absolute Gasteiger partial charge is 0.396 e. The number of aliphatic hydroxyl groups is 1. The van der Waals surface area contributed by atoms with Crippen molar-refractivity contribution in [2.24, 2.45) is 0 Å². The minimum atomic E-state index is -4.08. The number of rotatable bonds is 5. The number of halogens is 3. The molecule has 0 aliphatic heterocycles. The lowest BCUT2D eigenvalue weighted by Gasteiger charge is -2.06. The molecule has 0 heterocycles. The molecule has 0 amide bonds. The van der Waals surface area contributed by atoms with E-state index >= 15 is 0 Å². The van der Waals surface area contributed by atoms with Crippen LogP contribution < -0.4 is 5.32 Å². The average Bonchev–Trinajstić information content (AvgIpc) is 1.85. The Morgan fingerprint density at radius 1 is 1.18 bits per heavy atom. The molecule has 0 bridgehead atoms. The molecule has 0 aromatic rings. The zero-order valence-corrected chi connectivity index (χ0v) is 6.12. The van der Waals surface area contributed by atoms with E-state index in [0.29, 0.717) is 13.0 Å². The predicted octanol–water partition coefficient (Wildman–Crippen LogP) is 0.911. The van der Waals surface area contributed by atoms with Gasteiger partial charge in [0.25, 0.3) is 0 Å². The van der Waals surface area contributed by atoms with Crippen LogP contribution in [0.3, 0.4) is 0 Å². The van der Waals surface area contributed by atoms with Crippen LogP contribution in [0.4, 0.5) is 13.2 Å². The molecule has 2 nitrogen and oxygen atoms in total. The molecule has 2 N–H and O–H groups in total. The Balaban J connectivity index is 3.02. The molecule has 0 aliphatic rings. The van der Waals surface area contributed by atoms with E-state index in [1.54, 1.807) is 0 Å². The van der Waals surface area contributed by atoms with Crippen molar-refractivity contribution in [3.63, 3.8) is 0 Å². The normalized spacial score (nSPS) is 12.0. The summed E-state index contributed by atoms with van der Waals surface area (Å²) in [6.45, 7) is 0.384. The molecule has 11 heavy (non-hydrogen) atoms. The second kappa shape index (κ2) is 5.37. The Kier molecular flexibility index (Phi) is 5.23. The maximum absolute atomic E-state index is 11.5. The SMILES string of the molecule is OCCCNCCC(F)(F)F. The molecule has 0 aromatic carbocycles. The van der Waals surface area contributed by atoms with E-state index in [4.69, 9.17) is 5.11 Å². The third-order valence-electron chi connectivity index (χ3n) is 1.10. The van der Waals surface area contributed by atoms with Gasteiger partial charge in [0.15, 0.2) is 0 Å². The first-order valence-corrected chi connectivity index (χ1v) is 3.44. The van der Waals surface area contributed by atoms with Gasteiger partial charge in [-0.1, -0.05) is 0 Å². The monoisotopic (exact) mass is 171 g/mol. The zero-order chi connectivity index (χ0) is 8.74. The van der Waals surface area contributed by atoms with Crippen molar-refractivity contribution in [2.75, 3.05) is 19.7 Å². The molecular weight excluding hydrogens is 159 g/mol. The van der Waals surface area contributed by atoms with Crippen molar-refractivity contribution < 1.29 is 18.3 Å². The van der Waals surface area contributed by atoms with Gasteiger partial charge in [-0.15, -0.1) is 0 Å². The molecule has 0 spiro atoms. The van der Waals surface area contributed by atoms with Gasteiger partial charge >= 0.3 is 6.18 Å². The predicted molar refractivity (Wildman–Crippen MR) is 35.2 cm³/mol. The molecule has 68 valence electrons. The first-order chi connectivity index (χ1) is 5.06. The Morgan fingerprint density at radius 3 is 2.27 bits per heavy atom. The maximum atomic E-state index is 11.5. The van der Waals surface area contributed by atoms with Crippen molar-refractivity contribution in [3.05, 3.63) is 0 Å². The van der Waals surface area contributed by atoms with Crippen LogP contribution in [-0.2, 0) is 0 Å². The van der Waals surface area contributed by atoms with Gasteiger partial charge in [0, 0.05) is 13.2 Å². The standard InChI is InChI=1S/C6H12F3NO/c7-6(8,9)2-4-10-3-1-5-11/h10-11H,1-5H2. The number of aliphatic hydroxyl groups excluding tert-OH is 1. The van der Waals surface area contributed by atoms with Crippen molar-refractivity contribution in [3.8, 4) is 0 Å². The molecule has 0 radical (unpaired) electrons. The van der Waals surface area contributed by atoms with Gasteiger partial charge in [-0.05, 0) is 13.0 Å². The van der Waals surface area contributed by atoms with Crippen molar-refractivity contribution in [2.45, 2.75) is 19.0 Å². The van der Waals surface area contributed by atoms with Gasteiger partial charge < -0.3 is 10.4 Å². The fraction of sp³-hybridized carbons (Fsp3) is 1.00. The third kappa shape index (κ3) is 9.71. The summed E-state index contributed by atoms with van der Waals surface area (Å²) in [4.78, 5) is 0. The van der Waals surface area contributed by atoms with E-state index in [2.05, 4.69) is 5.32 Å². The quantitative estimate of drug-likeness (QED) is 0.602. The Hall–Kier alpha value is -0.290. The summed E-state index contributed by atoms with van der Waals surface area (Å²) >= 11 is 0. The highest BCUT2D eigenvalue weighted by atomic mass is 19.4. The number of nitrogens with one attached hydrogen (secondary N) is 1. The highest BCUT2D eigenvalue weighted by Gasteiger charge is 2.25. The molecule has 0 atom stereocenters. The summed E-state index contributed by atoms with van der Waals surface area (Å²) in [6.07, 6.45) is -4.39. The molecule has 0 saturated carbocycles. The molecule has 5 heteroatoms. The second-order valence-electron chi connectivity index (χ2n) is 2.19. The van der Waals surface area contributed by atoms with E-state index in [1.807, 2.05) is 0 Å². The van der Waals surface area contributed by atoms with E-state index in [0.717, 1.165) is 0 Å². The van der Waals surface area contributed by atoms with Crippen LogP contribution >= 0.6 is 0 Å². The molecule has 0 aliphatic carbocycles. The van der Waals surface area contributed by atoms with Gasteiger partial charge in [0.2, 0.25) is 0 Å². The number of hydrogen-bond acceptors (Lipinski definition) is 2. The second-order valence-corrected chi connectivity index (χ2v) is 2.19. The average molecular weight is 171 g/mol. The third-order valence-corrected chi connectivity index (χ3v) is 1.10. The van der Waals surface area contributed by atoms with Crippen molar-refractivity contribution in [1.29, 1.82) is 0 Å². The van der Waals surface area contributed by atoms with Crippen LogP contribution in [0.2, 0.25) is 0 Å². The Labute approximate surface area is 63.4 Å². The van der Waals surface area contributed by atoms with Gasteiger partial charge in [-0.25, -0.2) is 0 Å². The molecule has 0 aromatic heterocycles. The fourth-order valence-corrected chi connectivity index (χ4v) is 0.559. The lowest BCUT2D eigenvalue weighted by atomic mass is 10.4. The van der Waals surface area contributed by atoms with E-state index < -0.39 is 12.6 Å².